The van der Waals surface area contributed by atoms with Crippen LogP contribution in [0.25, 0.3) is 10.1 Å². The first-order valence-electron chi connectivity index (χ1n) is 6.37. The Kier molecular flexibility index (Phi) is 3.77. The highest BCUT2D eigenvalue weighted by Crippen LogP contribution is 2.25. The second kappa shape index (κ2) is 5.89. The van der Waals surface area contributed by atoms with Crippen molar-refractivity contribution >= 4 is 39.1 Å². The van der Waals surface area contributed by atoms with Crippen molar-refractivity contribution in [2.75, 3.05) is 0 Å². The van der Waals surface area contributed by atoms with Crippen LogP contribution in [-0.4, -0.2) is 16.7 Å². The number of hydrazine groups is 1. The molecule has 2 amide bonds. The fourth-order valence-electron chi connectivity index (χ4n) is 1.94. The number of hydrogen-bond donors (Lipinski definition) is 2. The molecule has 3 rings (SSSR count). The van der Waals surface area contributed by atoms with Crippen LogP contribution in [0.15, 0.2) is 46.2 Å². The van der Waals surface area contributed by atoms with Gasteiger partial charge in [-0.05, 0) is 12.1 Å². The molecule has 8 nitrogen and oxygen atoms in total. The highest BCUT2D eigenvalue weighted by molar-refractivity contribution is 7.17. The number of nitrogens with one attached hydrogen (secondary N) is 2. The molecule has 0 bridgehead atoms. The molecule has 1 aromatic carbocycles. The smallest absolute Gasteiger partial charge is 0.395 e. The van der Waals surface area contributed by atoms with Gasteiger partial charge >= 0.3 is 11.8 Å². The van der Waals surface area contributed by atoms with Crippen LogP contribution in [0.4, 0.5) is 5.88 Å². The lowest BCUT2D eigenvalue weighted by Gasteiger charge is -2.04. The number of hydrogen-bond acceptors (Lipinski definition) is 6. The van der Waals surface area contributed by atoms with Crippen molar-refractivity contribution in [2.45, 2.75) is 0 Å². The van der Waals surface area contributed by atoms with E-state index in [0.717, 1.165) is 22.2 Å². The average molecular weight is 331 g/mol. The molecule has 0 saturated carbocycles. The summed E-state index contributed by atoms with van der Waals surface area (Å²) in [6.45, 7) is 0. The summed E-state index contributed by atoms with van der Waals surface area (Å²) in [4.78, 5) is 33.6. The van der Waals surface area contributed by atoms with Crippen molar-refractivity contribution in [3.8, 4) is 0 Å². The highest BCUT2D eigenvalue weighted by Gasteiger charge is 2.18. The van der Waals surface area contributed by atoms with Crippen molar-refractivity contribution in [3.63, 3.8) is 0 Å². The van der Waals surface area contributed by atoms with Gasteiger partial charge < -0.3 is 4.42 Å². The van der Waals surface area contributed by atoms with E-state index in [4.69, 9.17) is 4.42 Å². The zero-order valence-corrected chi connectivity index (χ0v) is 12.3. The van der Waals surface area contributed by atoms with E-state index in [1.807, 2.05) is 18.2 Å². The van der Waals surface area contributed by atoms with Gasteiger partial charge in [0.1, 0.15) is 4.92 Å². The maximum atomic E-state index is 12.1. The number of amides is 2. The molecule has 0 spiro atoms. The molecule has 3 aromatic rings. The molecule has 23 heavy (non-hydrogen) atoms. The Balaban J connectivity index is 1.68. The van der Waals surface area contributed by atoms with E-state index < -0.39 is 22.6 Å². The Labute approximate surface area is 132 Å². The maximum absolute atomic E-state index is 12.1. The summed E-state index contributed by atoms with van der Waals surface area (Å²) in [6, 6.07) is 9.58. The number of furan rings is 1. The van der Waals surface area contributed by atoms with Gasteiger partial charge in [0, 0.05) is 15.5 Å². The number of carbonyl (C=O) groups excluding carboxylic acids is 2. The van der Waals surface area contributed by atoms with Crippen molar-refractivity contribution in [1.82, 2.24) is 10.9 Å². The zero-order valence-electron chi connectivity index (χ0n) is 11.4. The van der Waals surface area contributed by atoms with Crippen LogP contribution in [0, 0.1) is 10.1 Å². The standard InChI is InChI=1S/C14H9N3O5S/c18-13(9-7-23-11-4-2-1-3-8(9)11)15-16-14(19)10-5-6-12(22-10)17(20)21/h1-7H,(H,15,18)(H,16,19). The summed E-state index contributed by atoms with van der Waals surface area (Å²) in [6.07, 6.45) is 0. The van der Waals surface area contributed by atoms with E-state index >= 15 is 0 Å². The van der Waals surface area contributed by atoms with Crippen molar-refractivity contribution in [3.05, 3.63) is 63.2 Å². The molecule has 0 aliphatic rings. The third kappa shape index (κ3) is 2.90. The van der Waals surface area contributed by atoms with Crippen LogP contribution in [0.5, 0.6) is 0 Å². The van der Waals surface area contributed by atoms with Gasteiger partial charge in [-0.3, -0.25) is 30.6 Å². The van der Waals surface area contributed by atoms with Gasteiger partial charge in [0.05, 0.1) is 11.6 Å². The zero-order chi connectivity index (χ0) is 16.4. The fourth-order valence-corrected chi connectivity index (χ4v) is 2.88. The molecule has 0 unspecified atom stereocenters. The first-order valence-corrected chi connectivity index (χ1v) is 7.25. The normalized spacial score (nSPS) is 10.4. The lowest BCUT2D eigenvalue weighted by molar-refractivity contribution is -0.402. The Bertz CT molecular complexity index is 914. The first kappa shape index (κ1) is 14.7. The average Bonchev–Trinajstić information content (AvgIpc) is 3.19. The molecule has 0 saturated heterocycles. The summed E-state index contributed by atoms with van der Waals surface area (Å²) < 4.78 is 5.69. The molecule has 2 heterocycles. The van der Waals surface area contributed by atoms with Crippen molar-refractivity contribution in [1.29, 1.82) is 0 Å². The van der Waals surface area contributed by atoms with Gasteiger partial charge in [-0.15, -0.1) is 11.3 Å². The summed E-state index contributed by atoms with van der Waals surface area (Å²) in [5, 5.41) is 13.0. The van der Waals surface area contributed by atoms with E-state index in [9.17, 15) is 19.7 Å². The molecule has 0 atom stereocenters. The molecule has 2 N–H and O–H groups in total. The maximum Gasteiger partial charge on any atom is 0.433 e. The third-order valence-corrected chi connectivity index (χ3v) is 3.97. The largest absolute Gasteiger partial charge is 0.433 e. The minimum Gasteiger partial charge on any atom is -0.395 e. The Morgan fingerprint density at radius 1 is 1.09 bits per heavy atom. The van der Waals surface area contributed by atoms with Gasteiger partial charge in [-0.25, -0.2) is 0 Å². The number of fused-ring (bicyclic) bond motifs is 1. The van der Waals surface area contributed by atoms with E-state index in [2.05, 4.69) is 10.9 Å². The Hall–Kier alpha value is -3.20. The van der Waals surface area contributed by atoms with Crippen LogP contribution in [-0.2, 0) is 0 Å². The molecular weight excluding hydrogens is 322 g/mol. The molecule has 0 aliphatic carbocycles. The second-order valence-electron chi connectivity index (χ2n) is 4.45. The predicted octanol–water partition coefficient (Wildman–Crippen LogP) is 2.48. The third-order valence-electron chi connectivity index (χ3n) is 3.01. The number of nitrogens with zero attached hydrogens (tertiary/aromatic N) is 1. The lowest BCUT2D eigenvalue weighted by Crippen LogP contribution is -2.41. The fraction of sp³-hybridized carbons (Fsp3) is 0. The number of benzene rings is 1. The van der Waals surface area contributed by atoms with E-state index in [0.29, 0.717) is 5.56 Å². The van der Waals surface area contributed by atoms with Gasteiger partial charge in [0.25, 0.3) is 5.91 Å². The molecule has 0 fully saturated rings. The first-order chi connectivity index (χ1) is 11.1. The molecule has 0 radical (unpaired) electrons. The van der Waals surface area contributed by atoms with Crippen LogP contribution in [0.3, 0.4) is 0 Å². The van der Waals surface area contributed by atoms with E-state index in [1.165, 1.54) is 11.3 Å². The molecule has 116 valence electrons. The summed E-state index contributed by atoms with van der Waals surface area (Å²) in [5.41, 5.74) is 4.83. The SMILES string of the molecule is O=C(NNC(=O)c1csc2ccccc12)c1ccc([N+](=O)[O-])o1. The number of rotatable bonds is 3. The van der Waals surface area contributed by atoms with Crippen molar-refractivity contribution < 1.29 is 18.9 Å². The van der Waals surface area contributed by atoms with Crippen LogP contribution in [0.1, 0.15) is 20.9 Å². The van der Waals surface area contributed by atoms with Crippen LogP contribution in [0.2, 0.25) is 0 Å². The Morgan fingerprint density at radius 2 is 1.83 bits per heavy atom. The predicted molar refractivity (Wildman–Crippen MR) is 82.1 cm³/mol. The van der Waals surface area contributed by atoms with E-state index in [-0.39, 0.29) is 5.76 Å². The lowest BCUT2D eigenvalue weighted by atomic mass is 10.2. The number of carbonyl (C=O) groups is 2. The second-order valence-corrected chi connectivity index (χ2v) is 5.36. The minimum absolute atomic E-state index is 0.271. The minimum atomic E-state index is -0.786. The van der Waals surface area contributed by atoms with Gasteiger partial charge in [0.15, 0.2) is 0 Å². The van der Waals surface area contributed by atoms with Gasteiger partial charge in [-0.2, -0.15) is 0 Å². The number of nitro groups is 1. The molecule has 2 aromatic heterocycles. The molecule has 9 heteroatoms. The Morgan fingerprint density at radius 3 is 2.57 bits per heavy atom. The molecular formula is C14H9N3O5S. The highest BCUT2D eigenvalue weighted by atomic mass is 32.1. The monoisotopic (exact) mass is 331 g/mol. The van der Waals surface area contributed by atoms with Gasteiger partial charge in [-0.1, -0.05) is 18.2 Å². The summed E-state index contributed by atoms with van der Waals surface area (Å²) >= 11 is 1.41. The summed E-state index contributed by atoms with van der Waals surface area (Å²) in [7, 11) is 0. The number of thiophene rings is 1. The van der Waals surface area contributed by atoms with E-state index in [1.54, 1.807) is 11.4 Å². The summed E-state index contributed by atoms with van der Waals surface area (Å²) in [5.74, 6) is -2.10. The van der Waals surface area contributed by atoms with Crippen LogP contribution >= 0.6 is 11.3 Å². The van der Waals surface area contributed by atoms with Crippen molar-refractivity contribution in [2.24, 2.45) is 0 Å². The quantitative estimate of drug-likeness (QED) is 0.565. The topological polar surface area (TPSA) is 114 Å². The van der Waals surface area contributed by atoms with Crippen LogP contribution < -0.4 is 10.9 Å². The van der Waals surface area contributed by atoms with Gasteiger partial charge in [0.2, 0.25) is 5.76 Å². The molecule has 0 aliphatic heterocycles.